The third-order valence-electron chi connectivity index (χ3n) is 5.25. The van der Waals surface area contributed by atoms with Crippen molar-refractivity contribution < 1.29 is 9.13 Å². The van der Waals surface area contributed by atoms with E-state index >= 15 is 0 Å². The molecule has 3 heterocycles. The lowest BCUT2D eigenvalue weighted by Crippen LogP contribution is -2.20. The molecule has 2 N–H and O–H groups in total. The smallest absolute Gasteiger partial charge is 0.141 e. The molecule has 5 rings (SSSR count). The molecule has 0 amide bonds. The number of ether oxygens (including phenoxy) is 1. The Labute approximate surface area is 173 Å². The van der Waals surface area contributed by atoms with Gasteiger partial charge in [0.1, 0.15) is 30.1 Å². The highest BCUT2D eigenvalue weighted by atomic mass is 19.1. The molecule has 0 unspecified atom stereocenters. The quantitative estimate of drug-likeness (QED) is 0.509. The summed E-state index contributed by atoms with van der Waals surface area (Å²) in [5.74, 6) is 0.479. The first kappa shape index (κ1) is 18.5. The summed E-state index contributed by atoms with van der Waals surface area (Å²) in [6.07, 6.45) is 4.77. The van der Waals surface area contributed by atoms with E-state index in [0.29, 0.717) is 6.61 Å². The summed E-state index contributed by atoms with van der Waals surface area (Å²) in [5, 5.41) is 4.37. The number of halogens is 1. The van der Waals surface area contributed by atoms with Gasteiger partial charge < -0.3 is 15.0 Å². The first-order chi connectivity index (χ1) is 14.8. The second kappa shape index (κ2) is 8.08. The van der Waals surface area contributed by atoms with Crippen molar-refractivity contribution in [3.05, 3.63) is 84.1 Å². The van der Waals surface area contributed by atoms with Gasteiger partial charge in [-0.15, -0.1) is 0 Å². The fourth-order valence-corrected chi connectivity index (χ4v) is 3.71. The SMILES string of the molecule is Fc1cccc(COc2ccc(-c3cc4c(C5=CCNCC5)ncnc4[nH]3)cc2)c1. The number of fused-ring (bicyclic) bond motifs is 1. The van der Waals surface area contributed by atoms with E-state index in [2.05, 4.69) is 32.4 Å². The van der Waals surface area contributed by atoms with Crippen LogP contribution in [0.25, 0.3) is 27.9 Å². The van der Waals surface area contributed by atoms with Crippen LogP contribution in [0.1, 0.15) is 17.7 Å². The highest BCUT2D eigenvalue weighted by Crippen LogP contribution is 2.30. The molecule has 0 saturated carbocycles. The fourth-order valence-electron chi connectivity index (χ4n) is 3.71. The van der Waals surface area contributed by atoms with Gasteiger partial charge in [-0.25, -0.2) is 14.4 Å². The lowest BCUT2D eigenvalue weighted by atomic mass is 10.0. The molecule has 0 atom stereocenters. The van der Waals surface area contributed by atoms with Crippen LogP contribution >= 0.6 is 0 Å². The van der Waals surface area contributed by atoms with Crippen LogP contribution in [0.5, 0.6) is 5.75 Å². The van der Waals surface area contributed by atoms with E-state index in [9.17, 15) is 4.39 Å². The summed E-state index contributed by atoms with van der Waals surface area (Å²) >= 11 is 0. The fraction of sp³-hybridized carbons (Fsp3) is 0.167. The largest absolute Gasteiger partial charge is 0.489 e. The second-order valence-electron chi connectivity index (χ2n) is 7.29. The molecule has 150 valence electrons. The number of hydrogen-bond acceptors (Lipinski definition) is 4. The molecule has 30 heavy (non-hydrogen) atoms. The average Bonchev–Trinajstić information content (AvgIpc) is 3.23. The van der Waals surface area contributed by atoms with Crippen molar-refractivity contribution >= 4 is 16.6 Å². The van der Waals surface area contributed by atoms with Crippen LogP contribution in [-0.4, -0.2) is 28.0 Å². The molecule has 5 nitrogen and oxygen atoms in total. The molecule has 1 aliphatic heterocycles. The minimum absolute atomic E-state index is 0.256. The number of aromatic nitrogens is 3. The monoisotopic (exact) mass is 400 g/mol. The summed E-state index contributed by atoms with van der Waals surface area (Å²) in [4.78, 5) is 12.3. The first-order valence-corrected chi connectivity index (χ1v) is 9.98. The van der Waals surface area contributed by atoms with Crippen LogP contribution in [0.15, 0.2) is 67.0 Å². The van der Waals surface area contributed by atoms with Crippen LogP contribution in [0, 0.1) is 5.82 Å². The Bertz CT molecular complexity index is 1210. The molecular formula is C24H21FN4O. The van der Waals surface area contributed by atoms with Crippen molar-refractivity contribution in [1.29, 1.82) is 0 Å². The van der Waals surface area contributed by atoms with Crippen LogP contribution in [0.4, 0.5) is 4.39 Å². The van der Waals surface area contributed by atoms with E-state index in [4.69, 9.17) is 4.74 Å². The maximum absolute atomic E-state index is 13.3. The third kappa shape index (κ3) is 3.82. The van der Waals surface area contributed by atoms with Crippen molar-refractivity contribution in [2.75, 3.05) is 13.1 Å². The Morgan fingerprint density at radius 3 is 2.73 bits per heavy atom. The number of aromatic amines is 1. The lowest BCUT2D eigenvalue weighted by Gasteiger charge is -2.13. The Hall–Kier alpha value is -3.51. The Balaban J connectivity index is 1.37. The minimum atomic E-state index is -0.256. The molecule has 0 spiro atoms. The predicted molar refractivity (Wildman–Crippen MR) is 116 cm³/mol. The van der Waals surface area contributed by atoms with Gasteiger partial charge in [0, 0.05) is 17.6 Å². The summed E-state index contributed by atoms with van der Waals surface area (Å²) < 4.78 is 19.1. The van der Waals surface area contributed by atoms with Crippen LogP contribution < -0.4 is 10.1 Å². The predicted octanol–water partition coefficient (Wildman–Crippen LogP) is 4.72. The lowest BCUT2D eigenvalue weighted by molar-refractivity contribution is 0.305. The van der Waals surface area contributed by atoms with Crippen molar-refractivity contribution in [1.82, 2.24) is 20.3 Å². The van der Waals surface area contributed by atoms with E-state index < -0.39 is 0 Å². The zero-order valence-electron chi connectivity index (χ0n) is 16.4. The molecule has 4 aromatic rings. The number of H-pyrrole nitrogens is 1. The Kier molecular flexibility index (Phi) is 4.99. The van der Waals surface area contributed by atoms with Gasteiger partial charge in [-0.05, 0) is 72.1 Å². The van der Waals surface area contributed by atoms with E-state index in [-0.39, 0.29) is 5.82 Å². The van der Waals surface area contributed by atoms with E-state index in [1.165, 1.54) is 17.7 Å². The van der Waals surface area contributed by atoms with Crippen molar-refractivity contribution in [3.63, 3.8) is 0 Å². The van der Waals surface area contributed by atoms with Crippen LogP contribution in [-0.2, 0) is 6.61 Å². The third-order valence-corrected chi connectivity index (χ3v) is 5.25. The first-order valence-electron chi connectivity index (χ1n) is 9.98. The zero-order valence-corrected chi connectivity index (χ0v) is 16.4. The molecule has 2 aromatic carbocycles. The highest BCUT2D eigenvalue weighted by Gasteiger charge is 2.14. The van der Waals surface area contributed by atoms with Crippen molar-refractivity contribution in [3.8, 4) is 17.0 Å². The molecule has 0 fully saturated rings. The van der Waals surface area contributed by atoms with Gasteiger partial charge in [0.25, 0.3) is 0 Å². The summed E-state index contributed by atoms with van der Waals surface area (Å²) in [7, 11) is 0. The standard InChI is InChI=1S/C24H21FN4O/c25-19-3-1-2-16(12-19)14-30-20-6-4-17(5-7-20)22-13-21-23(18-8-10-26-11-9-18)27-15-28-24(21)29-22/h1-8,12-13,15,26H,9-11,14H2,(H,27,28,29). The molecule has 0 saturated heterocycles. The molecular weight excluding hydrogens is 379 g/mol. The molecule has 6 heteroatoms. The van der Waals surface area contributed by atoms with E-state index in [1.807, 2.05) is 30.3 Å². The number of rotatable bonds is 5. The Morgan fingerprint density at radius 2 is 1.93 bits per heavy atom. The molecule has 2 aromatic heterocycles. The minimum Gasteiger partial charge on any atom is -0.489 e. The van der Waals surface area contributed by atoms with Gasteiger partial charge in [-0.3, -0.25) is 0 Å². The molecule has 0 aliphatic carbocycles. The van der Waals surface area contributed by atoms with Crippen LogP contribution in [0.2, 0.25) is 0 Å². The molecule has 0 radical (unpaired) electrons. The number of benzene rings is 2. The van der Waals surface area contributed by atoms with Gasteiger partial charge in [0.15, 0.2) is 0 Å². The van der Waals surface area contributed by atoms with E-state index in [0.717, 1.165) is 58.8 Å². The van der Waals surface area contributed by atoms with Gasteiger partial charge in [0.2, 0.25) is 0 Å². The molecule has 0 bridgehead atoms. The van der Waals surface area contributed by atoms with Crippen LogP contribution in [0.3, 0.4) is 0 Å². The van der Waals surface area contributed by atoms with E-state index in [1.54, 1.807) is 12.4 Å². The zero-order chi connectivity index (χ0) is 20.3. The van der Waals surface area contributed by atoms with Crippen molar-refractivity contribution in [2.24, 2.45) is 0 Å². The summed E-state index contributed by atoms with van der Waals surface area (Å²) in [5.41, 5.74) is 5.91. The molecule has 1 aliphatic rings. The number of nitrogens with zero attached hydrogens (tertiary/aromatic N) is 2. The maximum atomic E-state index is 13.3. The average molecular weight is 400 g/mol. The normalized spacial score (nSPS) is 14.0. The summed E-state index contributed by atoms with van der Waals surface area (Å²) in [6.45, 7) is 2.16. The van der Waals surface area contributed by atoms with Gasteiger partial charge in [-0.2, -0.15) is 0 Å². The Morgan fingerprint density at radius 1 is 1.03 bits per heavy atom. The van der Waals surface area contributed by atoms with Gasteiger partial charge in [-0.1, -0.05) is 18.2 Å². The topological polar surface area (TPSA) is 62.8 Å². The maximum Gasteiger partial charge on any atom is 0.141 e. The highest BCUT2D eigenvalue weighted by molar-refractivity contribution is 5.92. The number of hydrogen-bond donors (Lipinski definition) is 2. The van der Waals surface area contributed by atoms with Gasteiger partial charge >= 0.3 is 0 Å². The van der Waals surface area contributed by atoms with Crippen molar-refractivity contribution in [2.45, 2.75) is 13.0 Å². The van der Waals surface area contributed by atoms with Gasteiger partial charge in [0.05, 0.1) is 5.69 Å². The number of nitrogens with one attached hydrogen (secondary N) is 2. The second-order valence-corrected chi connectivity index (χ2v) is 7.29. The summed E-state index contributed by atoms with van der Waals surface area (Å²) in [6, 6.07) is 16.4.